The van der Waals surface area contributed by atoms with Crippen LogP contribution in [0.15, 0.2) is 24.3 Å². The van der Waals surface area contributed by atoms with Gasteiger partial charge in [-0.2, -0.15) is 5.10 Å². The number of carbonyl (C=O) groups is 2. The molecule has 2 heterocycles. The molecule has 1 atom stereocenters. The zero-order chi connectivity index (χ0) is 16.5. The lowest BCUT2D eigenvalue weighted by Crippen LogP contribution is -2.40. The molecule has 1 aliphatic carbocycles. The lowest BCUT2D eigenvalue weighted by Gasteiger charge is -2.24. The van der Waals surface area contributed by atoms with E-state index in [4.69, 9.17) is 0 Å². The Hall–Kier alpha value is -2.37. The number of fused-ring (bicyclic) bond motifs is 1. The lowest BCUT2D eigenvalue weighted by molar-refractivity contribution is -0.127. The van der Waals surface area contributed by atoms with Crippen LogP contribution in [0, 0.1) is 5.92 Å². The molecule has 2 amide bonds. The first-order valence-electron chi connectivity index (χ1n) is 8.76. The van der Waals surface area contributed by atoms with Crippen molar-refractivity contribution in [2.75, 3.05) is 11.4 Å². The van der Waals surface area contributed by atoms with Crippen LogP contribution < -0.4 is 10.2 Å². The first kappa shape index (κ1) is 15.2. The van der Waals surface area contributed by atoms with E-state index >= 15 is 0 Å². The van der Waals surface area contributed by atoms with Gasteiger partial charge in [0.2, 0.25) is 11.8 Å². The van der Waals surface area contributed by atoms with E-state index in [0.29, 0.717) is 12.4 Å². The molecule has 1 aromatic carbocycles. The lowest BCUT2D eigenvalue weighted by atomic mass is 9.95. The third-order valence-electron chi connectivity index (χ3n) is 5.15. The predicted molar refractivity (Wildman–Crippen MR) is 91.6 cm³/mol. The van der Waals surface area contributed by atoms with Crippen molar-refractivity contribution in [3.05, 3.63) is 24.3 Å². The molecule has 1 aliphatic heterocycles. The number of carbonyl (C=O) groups excluding carboxylic acids is 2. The van der Waals surface area contributed by atoms with Crippen LogP contribution in [0.4, 0.5) is 5.82 Å². The standard InChI is InChI=1S/C18H22N4O2/c23-16-10-12(18(24)19-13-6-2-1-3-7-13)11-22(16)17-14-8-4-5-9-15(14)20-21-17/h4-5,8-9,12-13H,1-3,6-7,10-11H2,(H,19,24)(H,20,21)/t12-/m0/s1. The predicted octanol–water partition coefficient (Wildman–Crippen LogP) is 2.36. The van der Waals surface area contributed by atoms with Crippen LogP contribution >= 0.6 is 0 Å². The van der Waals surface area contributed by atoms with Crippen molar-refractivity contribution in [1.82, 2.24) is 15.5 Å². The molecule has 2 aliphatic rings. The number of aromatic amines is 1. The van der Waals surface area contributed by atoms with Crippen molar-refractivity contribution >= 4 is 28.5 Å². The van der Waals surface area contributed by atoms with Crippen molar-refractivity contribution in [3.8, 4) is 0 Å². The Labute approximate surface area is 140 Å². The van der Waals surface area contributed by atoms with Crippen molar-refractivity contribution in [1.29, 1.82) is 0 Å². The molecule has 126 valence electrons. The smallest absolute Gasteiger partial charge is 0.229 e. The summed E-state index contributed by atoms with van der Waals surface area (Å²) < 4.78 is 0. The molecule has 1 saturated heterocycles. The summed E-state index contributed by atoms with van der Waals surface area (Å²) in [7, 11) is 0. The number of nitrogens with one attached hydrogen (secondary N) is 2. The van der Waals surface area contributed by atoms with Gasteiger partial charge in [0, 0.05) is 24.4 Å². The van der Waals surface area contributed by atoms with Crippen LogP contribution in [0.5, 0.6) is 0 Å². The summed E-state index contributed by atoms with van der Waals surface area (Å²) in [6.45, 7) is 0.409. The van der Waals surface area contributed by atoms with E-state index in [-0.39, 0.29) is 30.2 Å². The fourth-order valence-electron chi connectivity index (χ4n) is 3.81. The summed E-state index contributed by atoms with van der Waals surface area (Å²) >= 11 is 0. The molecule has 2 aromatic rings. The Kier molecular flexibility index (Phi) is 3.96. The molecule has 1 aromatic heterocycles. The Morgan fingerprint density at radius 2 is 2.00 bits per heavy atom. The van der Waals surface area contributed by atoms with E-state index in [1.54, 1.807) is 4.90 Å². The zero-order valence-corrected chi connectivity index (χ0v) is 13.6. The normalized spacial score (nSPS) is 22.2. The number of amides is 2. The SMILES string of the molecule is O=C(NC1CCCCC1)[C@H]1CC(=O)N(c2n[nH]c3ccccc23)C1. The van der Waals surface area contributed by atoms with Crippen molar-refractivity contribution in [2.45, 2.75) is 44.6 Å². The molecule has 0 spiro atoms. The summed E-state index contributed by atoms with van der Waals surface area (Å²) in [5, 5.41) is 11.3. The average Bonchev–Trinajstić information content (AvgIpc) is 3.19. The van der Waals surface area contributed by atoms with Gasteiger partial charge in [-0.05, 0) is 25.0 Å². The number of H-pyrrole nitrogens is 1. The highest BCUT2D eigenvalue weighted by Crippen LogP contribution is 2.30. The third kappa shape index (κ3) is 2.77. The highest BCUT2D eigenvalue weighted by Gasteiger charge is 2.37. The number of hydrogen-bond acceptors (Lipinski definition) is 3. The second kappa shape index (κ2) is 6.26. The van der Waals surface area contributed by atoms with Gasteiger partial charge in [-0.15, -0.1) is 0 Å². The van der Waals surface area contributed by atoms with Gasteiger partial charge in [0.15, 0.2) is 5.82 Å². The summed E-state index contributed by atoms with van der Waals surface area (Å²) in [6, 6.07) is 8.00. The Bertz CT molecular complexity index is 763. The van der Waals surface area contributed by atoms with Crippen molar-refractivity contribution in [3.63, 3.8) is 0 Å². The average molecular weight is 326 g/mol. The quantitative estimate of drug-likeness (QED) is 0.909. The van der Waals surface area contributed by atoms with Gasteiger partial charge in [-0.3, -0.25) is 19.6 Å². The third-order valence-corrected chi connectivity index (χ3v) is 5.15. The van der Waals surface area contributed by atoms with Crippen molar-refractivity contribution in [2.24, 2.45) is 5.92 Å². The van der Waals surface area contributed by atoms with E-state index in [2.05, 4.69) is 15.5 Å². The first-order chi connectivity index (χ1) is 11.7. The van der Waals surface area contributed by atoms with E-state index in [1.165, 1.54) is 19.3 Å². The highest BCUT2D eigenvalue weighted by atomic mass is 16.2. The Balaban J connectivity index is 1.47. The van der Waals surface area contributed by atoms with Crippen LogP contribution in [0.25, 0.3) is 10.9 Å². The molecular formula is C18H22N4O2. The molecule has 2 N–H and O–H groups in total. The van der Waals surface area contributed by atoms with Gasteiger partial charge in [-0.25, -0.2) is 0 Å². The van der Waals surface area contributed by atoms with Crippen LogP contribution in [-0.2, 0) is 9.59 Å². The molecule has 6 nitrogen and oxygen atoms in total. The van der Waals surface area contributed by atoms with Gasteiger partial charge in [-0.1, -0.05) is 31.4 Å². The number of anilines is 1. The number of para-hydroxylation sites is 1. The maximum absolute atomic E-state index is 12.5. The van der Waals surface area contributed by atoms with Gasteiger partial charge in [0.05, 0.1) is 11.4 Å². The largest absolute Gasteiger partial charge is 0.353 e. The van der Waals surface area contributed by atoms with Crippen molar-refractivity contribution < 1.29 is 9.59 Å². The van der Waals surface area contributed by atoms with E-state index < -0.39 is 0 Å². The first-order valence-corrected chi connectivity index (χ1v) is 8.76. The Morgan fingerprint density at radius 1 is 1.21 bits per heavy atom. The van der Waals surface area contributed by atoms with E-state index in [0.717, 1.165) is 23.7 Å². The molecule has 6 heteroatoms. The number of nitrogens with zero attached hydrogens (tertiary/aromatic N) is 2. The summed E-state index contributed by atoms with van der Waals surface area (Å²) in [5.74, 6) is 0.326. The molecular weight excluding hydrogens is 304 g/mol. The molecule has 2 fully saturated rings. The molecule has 0 bridgehead atoms. The van der Waals surface area contributed by atoms with Crippen LogP contribution in [-0.4, -0.2) is 34.6 Å². The molecule has 1 saturated carbocycles. The number of benzene rings is 1. The van der Waals surface area contributed by atoms with E-state index in [9.17, 15) is 9.59 Å². The van der Waals surface area contributed by atoms with Gasteiger partial charge in [0.1, 0.15) is 0 Å². The molecule has 24 heavy (non-hydrogen) atoms. The molecule has 0 unspecified atom stereocenters. The summed E-state index contributed by atoms with van der Waals surface area (Å²) in [4.78, 5) is 26.6. The fraction of sp³-hybridized carbons (Fsp3) is 0.500. The minimum absolute atomic E-state index is 0.0117. The van der Waals surface area contributed by atoms with Gasteiger partial charge in [0.25, 0.3) is 0 Å². The van der Waals surface area contributed by atoms with Gasteiger partial charge >= 0.3 is 0 Å². The van der Waals surface area contributed by atoms with Crippen LogP contribution in [0.2, 0.25) is 0 Å². The fourth-order valence-corrected chi connectivity index (χ4v) is 3.81. The summed E-state index contributed by atoms with van der Waals surface area (Å²) in [5.41, 5.74) is 0.899. The van der Waals surface area contributed by atoms with Gasteiger partial charge < -0.3 is 5.32 Å². The van der Waals surface area contributed by atoms with E-state index in [1.807, 2.05) is 24.3 Å². The minimum Gasteiger partial charge on any atom is -0.353 e. The number of rotatable bonds is 3. The summed E-state index contributed by atoms with van der Waals surface area (Å²) in [6.07, 6.45) is 5.99. The Morgan fingerprint density at radius 3 is 2.83 bits per heavy atom. The maximum atomic E-state index is 12.5. The second-order valence-electron chi connectivity index (χ2n) is 6.84. The van der Waals surface area contributed by atoms with Crippen LogP contribution in [0.3, 0.4) is 0 Å². The maximum Gasteiger partial charge on any atom is 0.229 e. The molecule has 0 radical (unpaired) electrons. The second-order valence-corrected chi connectivity index (χ2v) is 6.84. The molecule has 4 rings (SSSR count). The zero-order valence-electron chi connectivity index (χ0n) is 13.6. The monoisotopic (exact) mass is 326 g/mol. The topological polar surface area (TPSA) is 78.1 Å². The highest BCUT2D eigenvalue weighted by molar-refractivity contribution is 6.05. The number of hydrogen-bond donors (Lipinski definition) is 2. The number of aromatic nitrogens is 2. The minimum atomic E-state index is -0.283. The van der Waals surface area contributed by atoms with Crippen LogP contribution in [0.1, 0.15) is 38.5 Å².